The number of benzene rings is 2. The van der Waals surface area contributed by atoms with Crippen molar-refractivity contribution in [2.24, 2.45) is 0 Å². The summed E-state index contributed by atoms with van der Waals surface area (Å²) < 4.78 is 32.0. The molecule has 0 aliphatic carbocycles. The minimum atomic E-state index is -1.06. The molecule has 0 aliphatic rings. The van der Waals surface area contributed by atoms with Crippen molar-refractivity contribution < 1.29 is 23.4 Å². The summed E-state index contributed by atoms with van der Waals surface area (Å²) in [7, 11) is 1.36. The Morgan fingerprint density at radius 2 is 2.00 bits per heavy atom. The molecule has 2 aromatic rings. The van der Waals surface area contributed by atoms with E-state index < -0.39 is 17.6 Å². The lowest BCUT2D eigenvalue weighted by Crippen LogP contribution is -1.99. The van der Waals surface area contributed by atoms with Crippen LogP contribution in [-0.2, 0) is 5.75 Å². The lowest BCUT2D eigenvalue weighted by atomic mass is 10.2. The SMILES string of the molecule is COc1cc(F)c(F)c(CSc2ccccc2C(=O)O)c1. The van der Waals surface area contributed by atoms with E-state index in [2.05, 4.69) is 0 Å². The van der Waals surface area contributed by atoms with Gasteiger partial charge in [0.05, 0.1) is 12.7 Å². The first kappa shape index (κ1) is 15.3. The van der Waals surface area contributed by atoms with Gasteiger partial charge in [0.15, 0.2) is 11.6 Å². The Balaban J connectivity index is 2.25. The fourth-order valence-electron chi connectivity index (χ4n) is 1.77. The molecule has 2 aromatic carbocycles. The highest BCUT2D eigenvalue weighted by molar-refractivity contribution is 7.98. The third-order valence-corrected chi connectivity index (χ3v) is 3.94. The number of carboxylic acids is 1. The van der Waals surface area contributed by atoms with E-state index in [1.54, 1.807) is 18.2 Å². The highest BCUT2D eigenvalue weighted by Crippen LogP contribution is 2.29. The van der Waals surface area contributed by atoms with Crippen LogP contribution in [0.1, 0.15) is 15.9 Å². The van der Waals surface area contributed by atoms with Crippen LogP contribution in [0.3, 0.4) is 0 Å². The number of rotatable bonds is 5. The van der Waals surface area contributed by atoms with Crippen molar-refractivity contribution >= 4 is 17.7 Å². The largest absolute Gasteiger partial charge is 0.497 e. The summed E-state index contributed by atoms with van der Waals surface area (Å²) in [5.74, 6) is -2.68. The van der Waals surface area contributed by atoms with Crippen LogP contribution in [-0.4, -0.2) is 18.2 Å². The van der Waals surface area contributed by atoms with Crippen LogP contribution in [0.25, 0.3) is 0 Å². The fourth-order valence-corrected chi connectivity index (χ4v) is 2.77. The van der Waals surface area contributed by atoms with Gasteiger partial charge >= 0.3 is 5.97 Å². The number of methoxy groups -OCH3 is 1. The second-order valence-electron chi connectivity index (χ2n) is 4.17. The molecule has 6 heteroatoms. The van der Waals surface area contributed by atoms with E-state index in [0.29, 0.717) is 4.90 Å². The van der Waals surface area contributed by atoms with E-state index in [4.69, 9.17) is 9.84 Å². The number of carboxylic acid groups (broad SMARTS) is 1. The van der Waals surface area contributed by atoms with Crippen LogP contribution in [0.2, 0.25) is 0 Å². The summed E-state index contributed by atoms with van der Waals surface area (Å²) in [4.78, 5) is 11.6. The molecule has 0 saturated heterocycles. The number of ether oxygens (including phenoxy) is 1. The molecular formula is C15H12F2O3S. The standard InChI is InChI=1S/C15H12F2O3S/c1-20-10-6-9(14(17)12(16)7-10)8-21-13-5-3-2-4-11(13)15(18)19/h2-7H,8H2,1H3,(H,18,19). The zero-order chi connectivity index (χ0) is 15.4. The van der Waals surface area contributed by atoms with Crippen LogP contribution >= 0.6 is 11.8 Å². The van der Waals surface area contributed by atoms with Crippen LogP contribution in [0.15, 0.2) is 41.3 Å². The van der Waals surface area contributed by atoms with Gasteiger partial charge in [0, 0.05) is 22.3 Å². The molecule has 0 aliphatic heterocycles. The van der Waals surface area contributed by atoms with E-state index in [0.717, 1.165) is 17.8 Å². The second kappa shape index (κ2) is 6.58. The Kier molecular flexibility index (Phi) is 4.80. The van der Waals surface area contributed by atoms with E-state index in [1.165, 1.54) is 19.2 Å². The minimum absolute atomic E-state index is 0.101. The maximum atomic E-state index is 13.7. The third-order valence-electron chi connectivity index (χ3n) is 2.81. The van der Waals surface area contributed by atoms with Gasteiger partial charge in [-0.05, 0) is 18.2 Å². The molecule has 110 valence electrons. The van der Waals surface area contributed by atoms with Crippen LogP contribution in [0.4, 0.5) is 8.78 Å². The summed E-state index contributed by atoms with van der Waals surface area (Å²) in [6, 6.07) is 8.76. The predicted molar refractivity (Wildman–Crippen MR) is 75.9 cm³/mol. The summed E-state index contributed by atoms with van der Waals surface area (Å²) in [6.07, 6.45) is 0. The topological polar surface area (TPSA) is 46.5 Å². The molecule has 3 nitrogen and oxygen atoms in total. The van der Waals surface area contributed by atoms with Gasteiger partial charge in [0.1, 0.15) is 5.75 Å². The number of hydrogen-bond donors (Lipinski definition) is 1. The van der Waals surface area contributed by atoms with Crippen LogP contribution in [0.5, 0.6) is 5.75 Å². The molecule has 0 heterocycles. The van der Waals surface area contributed by atoms with Crippen molar-refractivity contribution in [1.82, 2.24) is 0 Å². The second-order valence-corrected chi connectivity index (χ2v) is 5.19. The fraction of sp³-hybridized carbons (Fsp3) is 0.133. The average Bonchev–Trinajstić information content (AvgIpc) is 2.48. The first-order valence-corrected chi connectivity index (χ1v) is 6.98. The molecule has 0 amide bonds. The smallest absolute Gasteiger partial charge is 0.336 e. The van der Waals surface area contributed by atoms with Crippen molar-refractivity contribution in [2.75, 3.05) is 7.11 Å². The molecule has 0 saturated carbocycles. The molecule has 0 fully saturated rings. The number of aromatic carboxylic acids is 1. The lowest BCUT2D eigenvalue weighted by molar-refractivity contribution is 0.0693. The summed E-state index contributed by atoms with van der Waals surface area (Å²) >= 11 is 1.13. The molecule has 0 bridgehead atoms. The van der Waals surface area contributed by atoms with E-state index >= 15 is 0 Å². The number of thioether (sulfide) groups is 1. The van der Waals surface area contributed by atoms with E-state index in [-0.39, 0.29) is 22.6 Å². The molecule has 2 rings (SSSR count). The quantitative estimate of drug-likeness (QED) is 0.849. The van der Waals surface area contributed by atoms with Gasteiger partial charge in [-0.3, -0.25) is 0 Å². The number of carbonyl (C=O) groups is 1. The Morgan fingerprint density at radius 3 is 2.67 bits per heavy atom. The highest BCUT2D eigenvalue weighted by Gasteiger charge is 2.14. The minimum Gasteiger partial charge on any atom is -0.497 e. The zero-order valence-corrected chi connectivity index (χ0v) is 11.9. The summed E-state index contributed by atoms with van der Waals surface area (Å²) in [6.45, 7) is 0. The van der Waals surface area contributed by atoms with Gasteiger partial charge in [-0.1, -0.05) is 12.1 Å². The Labute approximate surface area is 124 Å². The van der Waals surface area contributed by atoms with Crippen molar-refractivity contribution in [3.05, 3.63) is 59.2 Å². The maximum absolute atomic E-state index is 13.7. The highest BCUT2D eigenvalue weighted by atomic mass is 32.2. The maximum Gasteiger partial charge on any atom is 0.336 e. The first-order valence-electron chi connectivity index (χ1n) is 6.00. The lowest BCUT2D eigenvalue weighted by Gasteiger charge is -2.09. The van der Waals surface area contributed by atoms with Crippen molar-refractivity contribution in [1.29, 1.82) is 0 Å². The Bertz CT molecular complexity index is 674. The van der Waals surface area contributed by atoms with Gasteiger partial charge in [-0.15, -0.1) is 11.8 Å². The van der Waals surface area contributed by atoms with Crippen molar-refractivity contribution in [2.45, 2.75) is 10.6 Å². The molecule has 0 atom stereocenters. The van der Waals surface area contributed by atoms with Crippen LogP contribution < -0.4 is 4.74 Å². The van der Waals surface area contributed by atoms with Crippen molar-refractivity contribution in [3.63, 3.8) is 0 Å². The molecule has 0 spiro atoms. The summed E-state index contributed by atoms with van der Waals surface area (Å²) in [5, 5.41) is 9.08. The Morgan fingerprint density at radius 1 is 1.29 bits per heavy atom. The first-order chi connectivity index (χ1) is 10.0. The van der Waals surface area contributed by atoms with Gasteiger partial charge in [0.2, 0.25) is 0 Å². The average molecular weight is 310 g/mol. The number of hydrogen-bond acceptors (Lipinski definition) is 3. The molecular weight excluding hydrogens is 298 g/mol. The van der Waals surface area contributed by atoms with E-state index in [9.17, 15) is 13.6 Å². The van der Waals surface area contributed by atoms with Gasteiger partial charge in [-0.2, -0.15) is 0 Å². The third kappa shape index (κ3) is 3.52. The zero-order valence-electron chi connectivity index (χ0n) is 11.1. The molecule has 21 heavy (non-hydrogen) atoms. The molecule has 0 aromatic heterocycles. The Hall–Kier alpha value is -2.08. The van der Waals surface area contributed by atoms with Crippen LogP contribution in [0, 0.1) is 11.6 Å². The molecule has 1 N–H and O–H groups in total. The monoisotopic (exact) mass is 310 g/mol. The van der Waals surface area contributed by atoms with Gasteiger partial charge < -0.3 is 9.84 Å². The predicted octanol–water partition coefficient (Wildman–Crippen LogP) is 3.96. The molecule has 0 unspecified atom stereocenters. The normalized spacial score (nSPS) is 10.4. The van der Waals surface area contributed by atoms with Crippen molar-refractivity contribution in [3.8, 4) is 5.75 Å². The van der Waals surface area contributed by atoms with E-state index in [1.807, 2.05) is 0 Å². The van der Waals surface area contributed by atoms with Gasteiger partial charge in [0.25, 0.3) is 0 Å². The number of halogens is 2. The van der Waals surface area contributed by atoms with Gasteiger partial charge in [-0.25, -0.2) is 13.6 Å². The molecule has 0 radical (unpaired) electrons. The summed E-state index contributed by atoms with van der Waals surface area (Å²) in [5.41, 5.74) is 0.253.